The highest BCUT2D eigenvalue weighted by molar-refractivity contribution is 6.00. The molecular weight excluding hydrogens is 375 g/mol. The van der Waals surface area contributed by atoms with Crippen LogP contribution in [0.4, 0.5) is 4.39 Å². The molecule has 0 unspecified atom stereocenters. The number of ether oxygens (including phenoxy) is 1. The molecule has 0 radical (unpaired) electrons. The van der Waals surface area contributed by atoms with E-state index < -0.39 is 23.7 Å². The molecule has 2 aromatic heterocycles. The van der Waals surface area contributed by atoms with Gasteiger partial charge in [0.15, 0.2) is 17.2 Å². The van der Waals surface area contributed by atoms with Crippen LogP contribution >= 0.6 is 0 Å². The second kappa shape index (κ2) is 7.43. The number of benzene rings is 2. The number of furan rings is 1. The molecule has 2 aromatic carbocycles. The molecule has 1 amide bonds. The van der Waals surface area contributed by atoms with Crippen LogP contribution in [0, 0.1) is 12.7 Å². The molecule has 0 spiro atoms. The molecule has 0 bridgehead atoms. The number of amides is 1. The number of carbonyl (C=O) groups excluding carboxylic acids is 2. The number of esters is 1. The number of nitrogens with one attached hydrogen (secondary N) is 2. The van der Waals surface area contributed by atoms with Crippen LogP contribution in [0.2, 0.25) is 0 Å². The van der Waals surface area contributed by atoms with Crippen LogP contribution in [-0.2, 0) is 16.0 Å². The first-order valence-electron chi connectivity index (χ1n) is 9.11. The van der Waals surface area contributed by atoms with Crippen LogP contribution in [0.5, 0.6) is 0 Å². The number of carbonyl (C=O) groups is 2. The SMILES string of the molecule is COC(=O)[C@H](Cc1c[nH]c2ccccc12)NC(=O)c1oc2c(F)cccc2c1C. The largest absolute Gasteiger partial charge is 0.467 e. The fourth-order valence-electron chi connectivity index (χ4n) is 3.51. The Morgan fingerprint density at radius 3 is 2.69 bits per heavy atom. The van der Waals surface area contributed by atoms with E-state index in [0.717, 1.165) is 16.5 Å². The van der Waals surface area contributed by atoms with Gasteiger partial charge in [-0.15, -0.1) is 0 Å². The molecule has 4 rings (SSSR count). The van der Waals surface area contributed by atoms with Crippen LogP contribution in [-0.4, -0.2) is 30.0 Å². The van der Waals surface area contributed by atoms with Crippen molar-refractivity contribution in [3.8, 4) is 0 Å². The van der Waals surface area contributed by atoms with Gasteiger partial charge in [0, 0.05) is 34.5 Å². The number of rotatable bonds is 5. The average Bonchev–Trinajstić information content (AvgIpc) is 3.29. The first kappa shape index (κ1) is 18.7. The van der Waals surface area contributed by atoms with E-state index in [1.807, 2.05) is 24.3 Å². The molecular formula is C22H19FN2O4. The zero-order chi connectivity index (χ0) is 20.5. The van der Waals surface area contributed by atoms with E-state index in [9.17, 15) is 14.0 Å². The minimum Gasteiger partial charge on any atom is -0.467 e. The summed E-state index contributed by atoms with van der Waals surface area (Å²) in [5.41, 5.74) is 2.32. The number of para-hydroxylation sites is 2. The summed E-state index contributed by atoms with van der Waals surface area (Å²) in [6.45, 7) is 1.67. The summed E-state index contributed by atoms with van der Waals surface area (Å²) < 4.78 is 24.3. The maximum atomic E-state index is 14.0. The normalized spacial score (nSPS) is 12.2. The van der Waals surface area contributed by atoms with E-state index in [1.54, 1.807) is 25.3 Å². The summed E-state index contributed by atoms with van der Waals surface area (Å²) in [5, 5.41) is 4.14. The minimum atomic E-state index is -0.927. The van der Waals surface area contributed by atoms with Crippen molar-refractivity contribution in [2.75, 3.05) is 7.11 Å². The Kier molecular flexibility index (Phi) is 4.80. The summed E-state index contributed by atoms with van der Waals surface area (Å²) in [6, 6.07) is 11.2. The second-order valence-electron chi connectivity index (χ2n) is 6.79. The molecule has 0 saturated carbocycles. The highest BCUT2D eigenvalue weighted by atomic mass is 19.1. The van der Waals surface area contributed by atoms with Gasteiger partial charge in [0.1, 0.15) is 6.04 Å². The maximum absolute atomic E-state index is 14.0. The predicted molar refractivity (Wildman–Crippen MR) is 106 cm³/mol. The van der Waals surface area contributed by atoms with Gasteiger partial charge in [-0.2, -0.15) is 0 Å². The lowest BCUT2D eigenvalue weighted by Gasteiger charge is -2.15. The zero-order valence-corrected chi connectivity index (χ0v) is 15.9. The third-order valence-electron chi connectivity index (χ3n) is 5.01. The lowest BCUT2D eigenvalue weighted by Crippen LogP contribution is -2.43. The Balaban J connectivity index is 1.63. The van der Waals surface area contributed by atoms with Crippen molar-refractivity contribution < 1.29 is 23.1 Å². The minimum absolute atomic E-state index is 0.0152. The number of hydrogen-bond donors (Lipinski definition) is 2. The van der Waals surface area contributed by atoms with Gasteiger partial charge in [0.05, 0.1) is 7.11 Å². The van der Waals surface area contributed by atoms with Crippen LogP contribution in [0.25, 0.3) is 21.9 Å². The lowest BCUT2D eigenvalue weighted by atomic mass is 10.0. The molecule has 0 fully saturated rings. The number of H-pyrrole nitrogens is 1. The molecule has 7 heteroatoms. The lowest BCUT2D eigenvalue weighted by molar-refractivity contribution is -0.142. The van der Waals surface area contributed by atoms with E-state index in [1.165, 1.54) is 13.2 Å². The van der Waals surface area contributed by atoms with Gasteiger partial charge in [0.25, 0.3) is 5.91 Å². The third kappa shape index (κ3) is 3.35. The fraction of sp³-hybridized carbons (Fsp3) is 0.182. The van der Waals surface area contributed by atoms with Crippen molar-refractivity contribution in [1.82, 2.24) is 10.3 Å². The first-order valence-corrected chi connectivity index (χ1v) is 9.11. The Bertz CT molecular complexity index is 1220. The number of fused-ring (bicyclic) bond motifs is 2. The molecule has 29 heavy (non-hydrogen) atoms. The summed E-state index contributed by atoms with van der Waals surface area (Å²) in [7, 11) is 1.26. The van der Waals surface area contributed by atoms with Crippen molar-refractivity contribution >= 4 is 33.7 Å². The standard InChI is InChI=1S/C22H19FN2O4/c1-12-14-7-5-8-16(23)20(14)29-19(12)21(26)25-18(22(27)28-2)10-13-11-24-17-9-4-3-6-15(13)17/h3-9,11,18,24H,10H2,1-2H3,(H,25,26)/t18-/m0/s1. The molecule has 6 nitrogen and oxygen atoms in total. The molecule has 2 N–H and O–H groups in total. The molecule has 0 saturated heterocycles. The van der Waals surface area contributed by atoms with Crippen molar-refractivity contribution in [2.24, 2.45) is 0 Å². The molecule has 1 atom stereocenters. The van der Waals surface area contributed by atoms with Crippen LogP contribution < -0.4 is 5.32 Å². The van der Waals surface area contributed by atoms with Gasteiger partial charge in [-0.3, -0.25) is 4.79 Å². The predicted octanol–water partition coefficient (Wildman–Crippen LogP) is 3.88. The van der Waals surface area contributed by atoms with Crippen LogP contribution in [0.1, 0.15) is 21.7 Å². The fourth-order valence-corrected chi connectivity index (χ4v) is 3.51. The van der Waals surface area contributed by atoms with Crippen LogP contribution in [0.15, 0.2) is 53.1 Å². The number of halogens is 1. The summed E-state index contributed by atoms with van der Waals surface area (Å²) >= 11 is 0. The number of aromatic nitrogens is 1. The molecule has 148 valence electrons. The highest BCUT2D eigenvalue weighted by Crippen LogP contribution is 2.27. The average molecular weight is 394 g/mol. The van der Waals surface area contributed by atoms with E-state index in [0.29, 0.717) is 10.9 Å². The van der Waals surface area contributed by atoms with E-state index in [-0.39, 0.29) is 17.8 Å². The number of aryl methyl sites for hydroxylation is 1. The molecule has 2 heterocycles. The first-order chi connectivity index (χ1) is 14.0. The van der Waals surface area contributed by atoms with E-state index >= 15 is 0 Å². The molecule has 0 aliphatic carbocycles. The van der Waals surface area contributed by atoms with E-state index in [2.05, 4.69) is 10.3 Å². The van der Waals surface area contributed by atoms with Gasteiger partial charge >= 0.3 is 5.97 Å². The van der Waals surface area contributed by atoms with Crippen molar-refractivity contribution in [1.29, 1.82) is 0 Å². The van der Waals surface area contributed by atoms with Crippen molar-refractivity contribution in [3.05, 3.63) is 71.4 Å². The topological polar surface area (TPSA) is 84.3 Å². The van der Waals surface area contributed by atoms with Gasteiger partial charge in [-0.25, -0.2) is 9.18 Å². The highest BCUT2D eigenvalue weighted by Gasteiger charge is 2.27. The van der Waals surface area contributed by atoms with Gasteiger partial charge in [-0.05, 0) is 24.6 Å². The van der Waals surface area contributed by atoms with Gasteiger partial charge in [0.2, 0.25) is 0 Å². The second-order valence-corrected chi connectivity index (χ2v) is 6.79. The monoisotopic (exact) mass is 394 g/mol. The van der Waals surface area contributed by atoms with Crippen molar-refractivity contribution in [3.63, 3.8) is 0 Å². The maximum Gasteiger partial charge on any atom is 0.328 e. The Morgan fingerprint density at radius 1 is 1.17 bits per heavy atom. The number of aromatic amines is 1. The Morgan fingerprint density at radius 2 is 1.93 bits per heavy atom. The number of hydrogen-bond acceptors (Lipinski definition) is 4. The van der Waals surface area contributed by atoms with Gasteiger partial charge in [-0.1, -0.05) is 30.3 Å². The Hall–Kier alpha value is -3.61. The summed E-state index contributed by atoms with van der Waals surface area (Å²) in [5.74, 6) is -1.76. The quantitative estimate of drug-likeness (QED) is 0.503. The van der Waals surface area contributed by atoms with E-state index in [4.69, 9.17) is 9.15 Å². The van der Waals surface area contributed by atoms with Crippen LogP contribution in [0.3, 0.4) is 0 Å². The third-order valence-corrected chi connectivity index (χ3v) is 5.01. The molecule has 4 aromatic rings. The Labute approximate surface area is 165 Å². The molecule has 0 aliphatic heterocycles. The number of methoxy groups -OCH3 is 1. The van der Waals surface area contributed by atoms with Crippen molar-refractivity contribution in [2.45, 2.75) is 19.4 Å². The summed E-state index contributed by atoms with van der Waals surface area (Å²) in [6.07, 6.45) is 2.03. The zero-order valence-electron chi connectivity index (χ0n) is 15.9. The summed E-state index contributed by atoms with van der Waals surface area (Å²) in [4.78, 5) is 28.3. The molecule has 0 aliphatic rings. The van der Waals surface area contributed by atoms with Gasteiger partial charge < -0.3 is 19.5 Å². The smallest absolute Gasteiger partial charge is 0.328 e.